The van der Waals surface area contributed by atoms with Crippen molar-refractivity contribution in [1.82, 2.24) is 5.48 Å². The summed E-state index contributed by atoms with van der Waals surface area (Å²) >= 11 is 0. The van der Waals surface area contributed by atoms with Gasteiger partial charge in [-0.05, 0) is 12.8 Å². The van der Waals surface area contributed by atoms with Crippen molar-refractivity contribution in [2.75, 3.05) is 0 Å². The largest absolute Gasteiger partial charge is 0.290 e. The lowest BCUT2D eigenvalue weighted by Crippen LogP contribution is -2.48. The van der Waals surface area contributed by atoms with Gasteiger partial charge in [0.2, 0.25) is 0 Å². The second-order valence-corrected chi connectivity index (χ2v) is 2.00. The van der Waals surface area contributed by atoms with Crippen LogP contribution in [0.25, 0.3) is 0 Å². The zero-order valence-electron chi connectivity index (χ0n) is 5.40. The number of hydrogen-bond donors (Lipinski definition) is 1. The van der Waals surface area contributed by atoms with Gasteiger partial charge < -0.3 is 0 Å². The smallest absolute Gasteiger partial charge is 0.139 e. The quantitative estimate of drug-likeness (QED) is 0.583. The van der Waals surface area contributed by atoms with Crippen LogP contribution in [0.15, 0.2) is 0 Å². The van der Waals surface area contributed by atoms with Crippen LogP contribution in [0.5, 0.6) is 0 Å². The maximum absolute atomic E-state index is 4.95. The number of rotatable bonds is 2. The lowest BCUT2D eigenvalue weighted by Gasteiger charge is -2.34. The Bertz CT molecular complexity index is 60.9. The summed E-state index contributed by atoms with van der Waals surface area (Å²) in [5.41, 5.74) is 2.86. The van der Waals surface area contributed by atoms with Crippen molar-refractivity contribution in [2.24, 2.45) is 0 Å². The molecule has 1 heterocycles. The Morgan fingerprint density at radius 2 is 2.38 bits per heavy atom. The molecule has 0 aliphatic carbocycles. The molecule has 2 nitrogen and oxygen atoms in total. The summed E-state index contributed by atoms with van der Waals surface area (Å²) in [6.45, 7) is 4.26. The third kappa shape index (κ3) is 0.858. The Balaban J connectivity index is 2.16. The molecular formula is C6H12NO. The highest BCUT2D eigenvalue weighted by Gasteiger charge is 2.29. The van der Waals surface area contributed by atoms with Gasteiger partial charge in [-0.1, -0.05) is 13.8 Å². The molecule has 1 saturated heterocycles. The average molecular weight is 114 g/mol. The predicted molar refractivity (Wildman–Crippen MR) is 31.8 cm³/mol. The van der Waals surface area contributed by atoms with E-state index in [9.17, 15) is 0 Å². The fraction of sp³-hybridized carbons (Fsp3) is 0.833. The van der Waals surface area contributed by atoms with E-state index in [4.69, 9.17) is 4.84 Å². The summed E-state index contributed by atoms with van der Waals surface area (Å²) in [6, 6.07) is 0.542. The second-order valence-electron chi connectivity index (χ2n) is 2.00. The Kier molecular flexibility index (Phi) is 1.86. The normalized spacial score (nSPS) is 30.0. The molecule has 1 aliphatic heterocycles. The molecule has 1 atom stereocenters. The van der Waals surface area contributed by atoms with E-state index in [1.165, 1.54) is 6.10 Å². The van der Waals surface area contributed by atoms with Crippen LogP contribution in [-0.2, 0) is 4.84 Å². The van der Waals surface area contributed by atoms with Crippen molar-refractivity contribution in [3.8, 4) is 0 Å². The van der Waals surface area contributed by atoms with E-state index < -0.39 is 0 Å². The van der Waals surface area contributed by atoms with Crippen molar-refractivity contribution in [3.63, 3.8) is 0 Å². The van der Waals surface area contributed by atoms with E-state index >= 15 is 0 Å². The van der Waals surface area contributed by atoms with Crippen LogP contribution in [0.1, 0.15) is 26.7 Å². The summed E-state index contributed by atoms with van der Waals surface area (Å²) in [4.78, 5) is 4.95. The maximum Gasteiger partial charge on any atom is 0.139 e. The molecule has 0 bridgehead atoms. The van der Waals surface area contributed by atoms with Gasteiger partial charge in [0.05, 0.1) is 6.04 Å². The van der Waals surface area contributed by atoms with Crippen molar-refractivity contribution >= 4 is 0 Å². The molecule has 47 valence electrons. The van der Waals surface area contributed by atoms with Crippen molar-refractivity contribution in [2.45, 2.75) is 32.7 Å². The molecule has 0 saturated carbocycles. The Morgan fingerprint density at radius 3 is 2.50 bits per heavy atom. The predicted octanol–water partition coefficient (Wildman–Crippen LogP) is 1.24. The first-order valence-corrected chi connectivity index (χ1v) is 3.16. The van der Waals surface area contributed by atoms with Crippen LogP contribution < -0.4 is 5.48 Å². The fourth-order valence-corrected chi connectivity index (χ4v) is 0.855. The minimum Gasteiger partial charge on any atom is -0.290 e. The lowest BCUT2D eigenvalue weighted by molar-refractivity contribution is -0.0931. The summed E-state index contributed by atoms with van der Waals surface area (Å²) in [5.74, 6) is 0. The van der Waals surface area contributed by atoms with Crippen molar-refractivity contribution in [3.05, 3.63) is 6.10 Å². The first kappa shape index (κ1) is 6.05. The van der Waals surface area contributed by atoms with Crippen LogP contribution in [0.4, 0.5) is 0 Å². The molecule has 1 unspecified atom stereocenters. The molecule has 2 heteroatoms. The summed E-state index contributed by atoms with van der Waals surface area (Å²) in [5, 5.41) is 0. The monoisotopic (exact) mass is 114 g/mol. The molecule has 1 N–H and O–H groups in total. The maximum atomic E-state index is 4.95. The van der Waals surface area contributed by atoms with Gasteiger partial charge in [-0.25, -0.2) is 0 Å². The molecule has 0 amide bonds. The molecule has 0 aromatic carbocycles. The molecule has 1 rings (SSSR count). The highest BCUT2D eigenvalue weighted by molar-refractivity contribution is 4.95. The van der Waals surface area contributed by atoms with Crippen molar-refractivity contribution < 1.29 is 4.84 Å². The Morgan fingerprint density at radius 1 is 1.62 bits per heavy atom. The molecule has 0 aromatic rings. The van der Waals surface area contributed by atoms with E-state index in [1.54, 1.807) is 0 Å². The van der Waals surface area contributed by atoms with Crippen molar-refractivity contribution in [1.29, 1.82) is 0 Å². The molecule has 8 heavy (non-hydrogen) atoms. The minimum absolute atomic E-state index is 0.542. The van der Waals surface area contributed by atoms with Gasteiger partial charge in [0, 0.05) is 0 Å². The lowest BCUT2D eigenvalue weighted by atomic mass is 10.1. The zero-order chi connectivity index (χ0) is 5.98. The molecular weight excluding hydrogens is 102 g/mol. The van der Waals surface area contributed by atoms with Gasteiger partial charge in [-0.3, -0.25) is 4.84 Å². The standard InChI is InChI=1S/C6H12NO/c1-3-5-6(4-2)8-7-5/h5,7H,3-4H2,1-2H3. The van der Waals surface area contributed by atoms with Crippen LogP contribution in [0, 0.1) is 6.10 Å². The van der Waals surface area contributed by atoms with Crippen LogP contribution in [0.2, 0.25) is 0 Å². The topological polar surface area (TPSA) is 21.3 Å². The number of hydroxylamine groups is 1. The van der Waals surface area contributed by atoms with Gasteiger partial charge in [-0.2, -0.15) is 5.48 Å². The molecule has 1 aliphatic rings. The van der Waals surface area contributed by atoms with Gasteiger partial charge in [0.1, 0.15) is 6.10 Å². The molecule has 0 spiro atoms. The first-order chi connectivity index (χ1) is 3.88. The number of nitrogens with one attached hydrogen (secondary N) is 1. The van der Waals surface area contributed by atoms with E-state index in [2.05, 4.69) is 19.3 Å². The molecule has 1 radical (unpaired) electrons. The van der Waals surface area contributed by atoms with E-state index in [0.717, 1.165) is 12.8 Å². The van der Waals surface area contributed by atoms with Crippen LogP contribution >= 0.6 is 0 Å². The summed E-state index contributed by atoms with van der Waals surface area (Å²) in [7, 11) is 0. The Hall–Kier alpha value is -0.0800. The molecule has 1 fully saturated rings. The van der Waals surface area contributed by atoms with E-state index in [-0.39, 0.29) is 0 Å². The minimum atomic E-state index is 0.542. The first-order valence-electron chi connectivity index (χ1n) is 3.16. The van der Waals surface area contributed by atoms with Gasteiger partial charge in [-0.15, -0.1) is 0 Å². The third-order valence-electron chi connectivity index (χ3n) is 1.48. The highest BCUT2D eigenvalue weighted by Crippen LogP contribution is 2.22. The Labute approximate surface area is 50.2 Å². The summed E-state index contributed by atoms with van der Waals surface area (Å²) in [6.07, 6.45) is 3.39. The van der Waals surface area contributed by atoms with E-state index in [0.29, 0.717) is 6.04 Å². The summed E-state index contributed by atoms with van der Waals surface area (Å²) < 4.78 is 0. The highest BCUT2D eigenvalue weighted by atomic mass is 16.7. The second kappa shape index (κ2) is 2.46. The third-order valence-corrected chi connectivity index (χ3v) is 1.48. The zero-order valence-corrected chi connectivity index (χ0v) is 5.40. The average Bonchev–Trinajstić information content (AvgIpc) is 1.66. The SMILES string of the molecule is CC[C]1ONC1CC. The van der Waals surface area contributed by atoms with E-state index in [1.807, 2.05) is 0 Å². The van der Waals surface area contributed by atoms with Gasteiger partial charge >= 0.3 is 0 Å². The number of hydrogen-bond acceptors (Lipinski definition) is 2. The van der Waals surface area contributed by atoms with Crippen LogP contribution in [0.3, 0.4) is 0 Å². The van der Waals surface area contributed by atoms with Gasteiger partial charge in [0.25, 0.3) is 0 Å². The van der Waals surface area contributed by atoms with Crippen LogP contribution in [-0.4, -0.2) is 6.04 Å². The van der Waals surface area contributed by atoms with Gasteiger partial charge in [0.15, 0.2) is 0 Å². The molecule has 0 aromatic heterocycles. The fourth-order valence-electron chi connectivity index (χ4n) is 0.855.